The predicted octanol–water partition coefficient (Wildman–Crippen LogP) is 4.40. The first-order valence-corrected chi connectivity index (χ1v) is 6.89. The Hall–Kier alpha value is -0.790. The Labute approximate surface area is 105 Å². The lowest BCUT2D eigenvalue weighted by Gasteiger charge is -2.36. The Balaban J connectivity index is 2.86. The van der Waals surface area contributed by atoms with Crippen LogP contribution in [0.1, 0.15) is 66.2 Å². The molecule has 0 aromatic carbocycles. The SMILES string of the molecule is CCC(CC)(CC)/C(O)=C/C(=O)C1(C)CCC1. The van der Waals surface area contributed by atoms with Crippen LogP contribution in [0.2, 0.25) is 0 Å². The Morgan fingerprint density at radius 3 is 2.00 bits per heavy atom. The summed E-state index contributed by atoms with van der Waals surface area (Å²) in [5.41, 5.74) is -0.398. The standard InChI is InChI=1S/C15H26O2/c1-5-15(6-2,7-3)13(17)11-12(16)14(4)9-8-10-14/h11,17H,5-10H2,1-4H3/b13-11-. The van der Waals surface area contributed by atoms with Gasteiger partial charge < -0.3 is 5.11 Å². The summed E-state index contributed by atoms with van der Waals surface area (Å²) < 4.78 is 0. The van der Waals surface area contributed by atoms with Gasteiger partial charge in [0, 0.05) is 16.9 Å². The summed E-state index contributed by atoms with van der Waals surface area (Å²) >= 11 is 0. The van der Waals surface area contributed by atoms with Crippen molar-refractivity contribution in [3.05, 3.63) is 11.8 Å². The number of carbonyl (C=O) groups is 1. The van der Waals surface area contributed by atoms with Crippen molar-refractivity contribution >= 4 is 5.78 Å². The minimum atomic E-state index is -0.199. The van der Waals surface area contributed by atoms with E-state index in [4.69, 9.17) is 0 Å². The third-order valence-electron chi connectivity index (χ3n) is 4.89. The Kier molecular flexibility index (Phi) is 4.40. The number of allylic oxidation sites excluding steroid dienone is 2. The first kappa shape index (κ1) is 14.3. The van der Waals surface area contributed by atoms with Crippen molar-refractivity contribution in [1.82, 2.24) is 0 Å². The molecular weight excluding hydrogens is 212 g/mol. The molecule has 0 spiro atoms. The normalized spacial score (nSPS) is 19.9. The van der Waals surface area contributed by atoms with Crippen molar-refractivity contribution in [3.63, 3.8) is 0 Å². The molecule has 2 heteroatoms. The molecule has 1 saturated carbocycles. The van der Waals surface area contributed by atoms with Crippen molar-refractivity contribution in [2.24, 2.45) is 10.8 Å². The van der Waals surface area contributed by atoms with Crippen LogP contribution < -0.4 is 0 Å². The number of ketones is 1. The molecule has 0 bridgehead atoms. The van der Waals surface area contributed by atoms with Gasteiger partial charge in [-0.1, -0.05) is 34.1 Å². The van der Waals surface area contributed by atoms with Gasteiger partial charge in [0.1, 0.15) is 5.76 Å². The van der Waals surface area contributed by atoms with Crippen LogP contribution in [0.5, 0.6) is 0 Å². The van der Waals surface area contributed by atoms with Gasteiger partial charge in [-0.2, -0.15) is 0 Å². The molecule has 1 aliphatic rings. The van der Waals surface area contributed by atoms with Crippen molar-refractivity contribution in [3.8, 4) is 0 Å². The maximum absolute atomic E-state index is 12.1. The molecule has 1 aliphatic carbocycles. The summed E-state index contributed by atoms with van der Waals surface area (Å²) in [6.45, 7) is 8.24. The van der Waals surface area contributed by atoms with Gasteiger partial charge in [0.05, 0.1) is 0 Å². The molecule has 0 aromatic rings. The summed E-state index contributed by atoms with van der Waals surface area (Å²) in [6, 6.07) is 0. The third kappa shape index (κ3) is 2.56. The van der Waals surface area contributed by atoms with E-state index in [0.29, 0.717) is 5.76 Å². The molecule has 0 aromatic heterocycles. The van der Waals surface area contributed by atoms with Gasteiger partial charge in [-0.3, -0.25) is 4.79 Å². The molecule has 0 amide bonds. The van der Waals surface area contributed by atoms with Crippen LogP contribution in [-0.4, -0.2) is 10.9 Å². The highest BCUT2D eigenvalue weighted by Gasteiger charge is 2.39. The minimum Gasteiger partial charge on any atom is -0.512 e. The lowest BCUT2D eigenvalue weighted by Crippen LogP contribution is -2.34. The molecule has 1 rings (SSSR count). The molecule has 0 heterocycles. The van der Waals surface area contributed by atoms with E-state index < -0.39 is 0 Å². The Morgan fingerprint density at radius 1 is 1.24 bits per heavy atom. The van der Waals surface area contributed by atoms with E-state index in [0.717, 1.165) is 38.5 Å². The maximum Gasteiger partial charge on any atom is 0.164 e. The number of aliphatic hydroxyl groups is 1. The number of aliphatic hydroxyl groups excluding tert-OH is 1. The zero-order chi connectivity index (χ0) is 13.1. The maximum atomic E-state index is 12.1. The van der Waals surface area contributed by atoms with E-state index in [1.807, 2.05) is 6.92 Å². The smallest absolute Gasteiger partial charge is 0.164 e. The highest BCUT2D eigenvalue weighted by Crippen LogP contribution is 2.43. The van der Waals surface area contributed by atoms with Crippen molar-refractivity contribution in [2.45, 2.75) is 66.2 Å². The molecule has 2 nitrogen and oxygen atoms in total. The quantitative estimate of drug-likeness (QED) is 0.550. The molecule has 1 fully saturated rings. The van der Waals surface area contributed by atoms with Crippen LogP contribution in [0, 0.1) is 10.8 Å². The highest BCUT2D eigenvalue weighted by molar-refractivity contribution is 5.95. The van der Waals surface area contributed by atoms with E-state index in [9.17, 15) is 9.90 Å². The Morgan fingerprint density at radius 2 is 1.71 bits per heavy atom. The fourth-order valence-electron chi connectivity index (χ4n) is 2.70. The van der Waals surface area contributed by atoms with E-state index >= 15 is 0 Å². The number of hydrogen-bond donors (Lipinski definition) is 1. The summed E-state index contributed by atoms with van der Waals surface area (Å²) in [6.07, 6.45) is 7.22. The van der Waals surface area contributed by atoms with Crippen LogP contribution in [0.4, 0.5) is 0 Å². The molecule has 98 valence electrons. The van der Waals surface area contributed by atoms with E-state index in [2.05, 4.69) is 20.8 Å². The summed E-state index contributed by atoms with van der Waals surface area (Å²) in [5.74, 6) is 0.407. The number of rotatable bonds is 6. The van der Waals surface area contributed by atoms with Crippen LogP contribution in [0.25, 0.3) is 0 Å². The second-order valence-electron chi connectivity index (χ2n) is 5.65. The molecule has 0 aliphatic heterocycles. The minimum absolute atomic E-state index is 0.112. The van der Waals surface area contributed by atoms with E-state index in [1.165, 1.54) is 6.08 Å². The van der Waals surface area contributed by atoms with Crippen molar-refractivity contribution in [1.29, 1.82) is 0 Å². The average Bonchev–Trinajstić information content (AvgIpc) is 2.29. The number of carbonyl (C=O) groups excluding carboxylic acids is 1. The third-order valence-corrected chi connectivity index (χ3v) is 4.89. The predicted molar refractivity (Wildman–Crippen MR) is 71.0 cm³/mol. The van der Waals surface area contributed by atoms with Crippen LogP contribution in [-0.2, 0) is 4.79 Å². The first-order chi connectivity index (χ1) is 7.94. The van der Waals surface area contributed by atoms with Crippen LogP contribution in [0.15, 0.2) is 11.8 Å². The lowest BCUT2D eigenvalue weighted by atomic mass is 9.67. The van der Waals surface area contributed by atoms with E-state index in [1.54, 1.807) is 0 Å². The summed E-state index contributed by atoms with van der Waals surface area (Å²) in [4.78, 5) is 12.1. The van der Waals surface area contributed by atoms with Gasteiger partial charge in [0.15, 0.2) is 5.78 Å². The monoisotopic (exact) mass is 238 g/mol. The molecule has 0 atom stereocenters. The zero-order valence-electron chi connectivity index (χ0n) is 11.7. The van der Waals surface area contributed by atoms with Gasteiger partial charge in [-0.15, -0.1) is 0 Å². The number of hydrogen-bond acceptors (Lipinski definition) is 2. The molecule has 0 unspecified atom stereocenters. The van der Waals surface area contributed by atoms with Gasteiger partial charge in [0.2, 0.25) is 0 Å². The summed E-state index contributed by atoms with van der Waals surface area (Å²) in [7, 11) is 0. The van der Waals surface area contributed by atoms with Crippen molar-refractivity contribution in [2.75, 3.05) is 0 Å². The molecule has 17 heavy (non-hydrogen) atoms. The molecular formula is C15H26O2. The van der Waals surface area contributed by atoms with Gasteiger partial charge >= 0.3 is 0 Å². The van der Waals surface area contributed by atoms with Gasteiger partial charge in [-0.25, -0.2) is 0 Å². The summed E-state index contributed by atoms with van der Waals surface area (Å²) in [5, 5.41) is 10.3. The van der Waals surface area contributed by atoms with E-state index in [-0.39, 0.29) is 16.6 Å². The van der Waals surface area contributed by atoms with Gasteiger partial charge in [0.25, 0.3) is 0 Å². The van der Waals surface area contributed by atoms with Gasteiger partial charge in [-0.05, 0) is 32.1 Å². The fraction of sp³-hybridized carbons (Fsp3) is 0.800. The lowest BCUT2D eigenvalue weighted by molar-refractivity contribution is -0.127. The average molecular weight is 238 g/mol. The van der Waals surface area contributed by atoms with Crippen molar-refractivity contribution < 1.29 is 9.90 Å². The molecule has 0 saturated heterocycles. The highest BCUT2D eigenvalue weighted by atomic mass is 16.3. The topological polar surface area (TPSA) is 37.3 Å². The second-order valence-corrected chi connectivity index (χ2v) is 5.65. The largest absolute Gasteiger partial charge is 0.512 e. The molecule has 0 radical (unpaired) electrons. The molecule has 1 N–H and O–H groups in total. The fourth-order valence-corrected chi connectivity index (χ4v) is 2.70. The van der Waals surface area contributed by atoms with Crippen LogP contribution >= 0.6 is 0 Å². The Bertz CT molecular complexity index is 299. The second kappa shape index (κ2) is 5.24. The zero-order valence-corrected chi connectivity index (χ0v) is 11.7. The van der Waals surface area contributed by atoms with Crippen LogP contribution in [0.3, 0.4) is 0 Å². The first-order valence-electron chi connectivity index (χ1n) is 6.89.